The Bertz CT molecular complexity index is 1220. The average Bonchev–Trinajstić information content (AvgIpc) is 2.79. The normalized spacial score (nSPS) is 16.6. The van der Waals surface area contributed by atoms with Gasteiger partial charge in [-0.15, -0.1) is 0 Å². The van der Waals surface area contributed by atoms with Gasteiger partial charge in [-0.25, -0.2) is 13.8 Å². The zero-order valence-electron chi connectivity index (χ0n) is 18.0. The summed E-state index contributed by atoms with van der Waals surface area (Å²) in [7, 11) is 0. The number of nitrogens with zero attached hydrogens (tertiary/aromatic N) is 6. The van der Waals surface area contributed by atoms with E-state index >= 15 is 0 Å². The summed E-state index contributed by atoms with van der Waals surface area (Å²) in [6.07, 6.45) is -7.81. The van der Waals surface area contributed by atoms with Crippen LogP contribution in [0, 0.1) is 0 Å². The number of anilines is 3. The van der Waals surface area contributed by atoms with E-state index in [-0.39, 0.29) is 54.8 Å². The summed E-state index contributed by atoms with van der Waals surface area (Å²) in [5, 5.41) is 5.37. The summed E-state index contributed by atoms with van der Waals surface area (Å²) in [6, 6.07) is 1.40. The van der Waals surface area contributed by atoms with Crippen molar-refractivity contribution < 1.29 is 35.1 Å². The van der Waals surface area contributed by atoms with E-state index < -0.39 is 35.7 Å². The van der Waals surface area contributed by atoms with Crippen LogP contribution in [0.25, 0.3) is 11.5 Å². The van der Waals surface area contributed by atoms with Gasteiger partial charge >= 0.3 is 12.4 Å². The van der Waals surface area contributed by atoms with Crippen LogP contribution in [-0.2, 0) is 12.4 Å². The Morgan fingerprint density at radius 3 is 2.17 bits per heavy atom. The second-order valence-electron chi connectivity index (χ2n) is 7.92. The number of alkyl halides is 8. The van der Waals surface area contributed by atoms with E-state index in [0.29, 0.717) is 12.3 Å². The Labute approximate surface area is 197 Å². The molecule has 3 aromatic rings. The minimum atomic E-state index is -4.81. The predicted molar refractivity (Wildman–Crippen MR) is 109 cm³/mol. The minimum Gasteiger partial charge on any atom is -0.351 e. The van der Waals surface area contributed by atoms with Crippen LogP contribution in [0.2, 0.25) is 0 Å². The molecule has 1 fully saturated rings. The van der Waals surface area contributed by atoms with Crippen molar-refractivity contribution in [3.63, 3.8) is 0 Å². The molecule has 0 aromatic carbocycles. The molecule has 1 saturated carbocycles. The van der Waals surface area contributed by atoms with Crippen LogP contribution in [-0.4, -0.2) is 41.9 Å². The van der Waals surface area contributed by atoms with Gasteiger partial charge in [-0.05, 0) is 25.0 Å². The molecule has 0 bridgehead atoms. The molecule has 36 heavy (non-hydrogen) atoms. The Hall–Kier alpha value is -3.72. The lowest BCUT2D eigenvalue weighted by Gasteiger charge is -2.28. The van der Waals surface area contributed by atoms with E-state index in [9.17, 15) is 35.1 Å². The molecular formula is C20H16F8N8. The van der Waals surface area contributed by atoms with Gasteiger partial charge < -0.3 is 10.6 Å². The molecule has 0 saturated heterocycles. The lowest BCUT2D eigenvalue weighted by Crippen LogP contribution is -2.32. The third-order valence-corrected chi connectivity index (χ3v) is 5.15. The molecule has 3 heterocycles. The molecule has 0 aliphatic heterocycles. The van der Waals surface area contributed by atoms with Crippen LogP contribution in [0.3, 0.4) is 0 Å². The first-order valence-corrected chi connectivity index (χ1v) is 10.4. The fraction of sp³-hybridized carbons (Fsp3) is 0.400. The fourth-order valence-electron chi connectivity index (χ4n) is 3.38. The van der Waals surface area contributed by atoms with Gasteiger partial charge in [-0.3, -0.25) is 9.97 Å². The van der Waals surface area contributed by atoms with Gasteiger partial charge in [-0.1, -0.05) is 0 Å². The number of rotatable bonds is 5. The van der Waals surface area contributed by atoms with E-state index in [2.05, 4.69) is 40.5 Å². The largest absolute Gasteiger partial charge is 0.434 e. The Balaban J connectivity index is 1.69. The van der Waals surface area contributed by atoms with E-state index in [1.165, 1.54) is 6.07 Å². The molecule has 0 atom stereocenters. The molecule has 3 aromatic heterocycles. The van der Waals surface area contributed by atoms with Crippen LogP contribution < -0.4 is 10.6 Å². The van der Waals surface area contributed by atoms with Crippen molar-refractivity contribution in [1.82, 2.24) is 29.9 Å². The molecule has 0 spiro atoms. The highest BCUT2D eigenvalue weighted by molar-refractivity contribution is 5.58. The molecule has 0 radical (unpaired) electrons. The van der Waals surface area contributed by atoms with Crippen LogP contribution in [0.5, 0.6) is 0 Å². The predicted octanol–water partition coefficient (Wildman–Crippen LogP) is 5.49. The number of halogens is 8. The second kappa shape index (κ2) is 9.39. The highest BCUT2D eigenvalue weighted by Crippen LogP contribution is 2.34. The van der Waals surface area contributed by atoms with Gasteiger partial charge in [0.1, 0.15) is 11.4 Å². The van der Waals surface area contributed by atoms with Crippen molar-refractivity contribution in [3.05, 3.63) is 42.1 Å². The molecule has 4 rings (SSSR count). The maximum absolute atomic E-state index is 13.5. The Kier molecular flexibility index (Phi) is 6.62. The molecule has 1 aliphatic rings. The molecule has 1 aliphatic carbocycles. The van der Waals surface area contributed by atoms with Crippen molar-refractivity contribution in [1.29, 1.82) is 0 Å². The quantitative estimate of drug-likeness (QED) is 0.426. The number of nitrogens with one attached hydrogen (secondary N) is 2. The highest BCUT2D eigenvalue weighted by Gasteiger charge is 2.36. The zero-order chi connectivity index (χ0) is 26.1. The van der Waals surface area contributed by atoms with Crippen molar-refractivity contribution in [2.45, 2.75) is 50.0 Å². The van der Waals surface area contributed by atoms with Gasteiger partial charge in [-0.2, -0.15) is 41.3 Å². The first-order chi connectivity index (χ1) is 16.8. The number of hydrogen-bond acceptors (Lipinski definition) is 8. The van der Waals surface area contributed by atoms with E-state index in [0.717, 1.165) is 12.4 Å². The smallest absolute Gasteiger partial charge is 0.351 e. The topological polar surface area (TPSA) is 101 Å². The van der Waals surface area contributed by atoms with Crippen molar-refractivity contribution in [2.24, 2.45) is 0 Å². The van der Waals surface area contributed by atoms with Crippen LogP contribution in [0.4, 0.5) is 52.7 Å². The summed E-state index contributed by atoms with van der Waals surface area (Å²) in [4.78, 5) is 22.2. The SMILES string of the molecule is FC1(F)CCC(Nc2nc(Nc3ccnc(C(F)(F)F)c3)nc(-c3cncc(C(F)(F)F)n3)n2)CC1. The second-order valence-corrected chi connectivity index (χ2v) is 7.92. The monoisotopic (exact) mass is 520 g/mol. The number of hydrogen-bond donors (Lipinski definition) is 2. The molecule has 8 nitrogen and oxygen atoms in total. The maximum atomic E-state index is 13.5. The molecule has 2 N–H and O–H groups in total. The van der Waals surface area contributed by atoms with Gasteiger partial charge in [0.2, 0.25) is 17.8 Å². The summed E-state index contributed by atoms with van der Waals surface area (Å²) in [5.74, 6) is -3.70. The Morgan fingerprint density at radius 2 is 1.50 bits per heavy atom. The molecule has 0 amide bonds. The van der Waals surface area contributed by atoms with E-state index in [1.807, 2.05) is 0 Å². The number of pyridine rings is 1. The maximum Gasteiger partial charge on any atom is 0.434 e. The molecule has 16 heteroatoms. The minimum absolute atomic E-state index is 0.0689. The van der Waals surface area contributed by atoms with Crippen LogP contribution >= 0.6 is 0 Å². The summed E-state index contributed by atoms with van der Waals surface area (Å²) >= 11 is 0. The van der Waals surface area contributed by atoms with Crippen molar-refractivity contribution >= 4 is 17.6 Å². The lowest BCUT2D eigenvalue weighted by atomic mass is 9.92. The fourth-order valence-corrected chi connectivity index (χ4v) is 3.38. The van der Waals surface area contributed by atoms with E-state index in [1.54, 1.807) is 0 Å². The summed E-state index contributed by atoms with van der Waals surface area (Å²) in [5.41, 5.74) is -3.03. The van der Waals surface area contributed by atoms with Crippen LogP contribution in [0.15, 0.2) is 30.7 Å². The highest BCUT2D eigenvalue weighted by atomic mass is 19.4. The average molecular weight is 520 g/mol. The summed E-state index contributed by atoms with van der Waals surface area (Å²) < 4.78 is 105. The third kappa shape index (κ3) is 6.28. The van der Waals surface area contributed by atoms with Gasteiger partial charge in [0.05, 0.1) is 12.4 Å². The van der Waals surface area contributed by atoms with Crippen LogP contribution in [0.1, 0.15) is 37.1 Å². The lowest BCUT2D eigenvalue weighted by molar-refractivity contribution is -0.142. The first-order valence-electron chi connectivity index (χ1n) is 10.4. The first kappa shape index (κ1) is 25.4. The third-order valence-electron chi connectivity index (χ3n) is 5.15. The van der Waals surface area contributed by atoms with E-state index in [4.69, 9.17) is 0 Å². The van der Waals surface area contributed by atoms with Crippen molar-refractivity contribution in [2.75, 3.05) is 10.6 Å². The standard InChI is InChI=1S/C20H16F8N8/c21-18(22)4-1-10(2-5-18)31-16-34-15(12-8-29-9-14(33-12)20(26,27)28)35-17(36-16)32-11-3-6-30-13(7-11)19(23,24)25/h3,6-10H,1-2,4-5H2,(H2,30,31,32,34,35,36). The zero-order valence-corrected chi connectivity index (χ0v) is 18.0. The number of aromatic nitrogens is 6. The van der Waals surface area contributed by atoms with Crippen molar-refractivity contribution in [3.8, 4) is 11.5 Å². The molecule has 192 valence electrons. The van der Waals surface area contributed by atoms with Gasteiger partial charge in [0, 0.05) is 30.8 Å². The van der Waals surface area contributed by atoms with Gasteiger partial charge in [0.25, 0.3) is 0 Å². The molecular weight excluding hydrogens is 504 g/mol. The molecule has 0 unspecified atom stereocenters. The van der Waals surface area contributed by atoms with Gasteiger partial charge in [0.15, 0.2) is 11.5 Å². The summed E-state index contributed by atoms with van der Waals surface area (Å²) in [6.45, 7) is 0. The Morgan fingerprint density at radius 1 is 0.833 bits per heavy atom.